The predicted octanol–water partition coefficient (Wildman–Crippen LogP) is 2.87. The molecule has 2 rings (SSSR count). The fraction of sp³-hybridized carbons (Fsp3) is 0.308. The number of halogens is 1. The first kappa shape index (κ1) is 13.5. The van der Waals surface area contributed by atoms with Gasteiger partial charge in [-0.1, -0.05) is 30.7 Å². The SMILES string of the molecule is CCCOc1nc(N)nc(-c2ccc(C)c(Cl)c2)n1. The summed E-state index contributed by atoms with van der Waals surface area (Å²) in [6, 6.07) is 5.83. The molecule has 0 saturated heterocycles. The minimum Gasteiger partial charge on any atom is -0.463 e. The third-order valence-corrected chi connectivity index (χ3v) is 2.90. The molecule has 2 N–H and O–H groups in total. The highest BCUT2D eigenvalue weighted by molar-refractivity contribution is 6.31. The summed E-state index contributed by atoms with van der Waals surface area (Å²) >= 11 is 6.09. The maximum atomic E-state index is 6.09. The van der Waals surface area contributed by atoms with E-state index >= 15 is 0 Å². The maximum absolute atomic E-state index is 6.09. The van der Waals surface area contributed by atoms with Crippen LogP contribution in [0.3, 0.4) is 0 Å². The summed E-state index contributed by atoms with van der Waals surface area (Å²) in [6.45, 7) is 4.48. The lowest BCUT2D eigenvalue weighted by Gasteiger charge is -2.06. The van der Waals surface area contributed by atoms with Gasteiger partial charge in [-0.15, -0.1) is 0 Å². The van der Waals surface area contributed by atoms with Gasteiger partial charge in [0.15, 0.2) is 5.82 Å². The van der Waals surface area contributed by atoms with E-state index < -0.39 is 0 Å². The first-order valence-corrected chi connectivity index (χ1v) is 6.39. The number of aryl methyl sites for hydroxylation is 1. The van der Waals surface area contributed by atoms with Crippen molar-refractivity contribution in [2.45, 2.75) is 20.3 Å². The summed E-state index contributed by atoms with van der Waals surface area (Å²) in [6.07, 6.45) is 0.872. The molecule has 0 amide bonds. The highest BCUT2D eigenvalue weighted by atomic mass is 35.5. The fourth-order valence-corrected chi connectivity index (χ4v) is 1.67. The zero-order chi connectivity index (χ0) is 13.8. The summed E-state index contributed by atoms with van der Waals surface area (Å²) in [5.74, 6) is 0.591. The van der Waals surface area contributed by atoms with Crippen molar-refractivity contribution < 1.29 is 4.74 Å². The zero-order valence-electron chi connectivity index (χ0n) is 10.9. The van der Waals surface area contributed by atoms with Gasteiger partial charge in [-0.2, -0.15) is 15.0 Å². The van der Waals surface area contributed by atoms with E-state index in [4.69, 9.17) is 22.1 Å². The van der Waals surface area contributed by atoms with Crippen molar-refractivity contribution in [3.63, 3.8) is 0 Å². The highest BCUT2D eigenvalue weighted by Crippen LogP contribution is 2.24. The van der Waals surface area contributed by atoms with Gasteiger partial charge in [0.25, 0.3) is 0 Å². The number of hydrogen-bond acceptors (Lipinski definition) is 5. The Labute approximate surface area is 116 Å². The van der Waals surface area contributed by atoms with E-state index in [2.05, 4.69) is 15.0 Å². The minimum absolute atomic E-state index is 0.132. The van der Waals surface area contributed by atoms with E-state index in [1.165, 1.54) is 0 Å². The van der Waals surface area contributed by atoms with Crippen molar-refractivity contribution in [2.75, 3.05) is 12.3 Å². The summed E-state index contributed by atoms with van der Waals surface area (Å²) in [5, 5.41) is 0.660. The Morgan fingerprint density at radius 2 is 2.05 bits per heavy atom. The zero-order valence-corrected chi connectivity index (χ0v) is 11.6. The molecular weight excluding hydrogens is 264 g/mol. The van der Waals surface area contributed by atoms with Crippen molar-refractivity contribution in [1.29, 1.82) is 0 Å². The lowest BCUT2D eigenvalue weighted by molar-refractivity contribution is 0.292. The Bertz CT molecular complexity index is 589. The number of nitrogens with two attached hydrogens (primary N) is 1. The molecule has 2 aromatic rings. The van der Waals surface area contributed by atoms with E-state index in [0.29, 0.717) is 17.5 Å². The minimum atomic E-state index is 0.132. The molecular formula is C13H15ClN4O. The number of nitrogens with zero attached hydrogens (tertiary/aromatic N) is 3. The Kier molecular flexibility index (Phi) is 4.16. The van der Waals surface area contributed by atoms with Crippen LogP contribution in [0.15, 0.2) is 18.2 Å². The maximum Gasteiger partial charge on any atom is 0.321 e. The van der Waals surface area contributed by atoms with Gasteiger partial charge in [0.1, 0.15) is 0 Å². The van der Waals surface area contributed by atoms with Crippen molar-refractivity contribution in [1.82, 2.24) is 15.0 Å². The normalized spacial score (nSPS) is 10.5. The number of benzene rings is 1. The topological polar surface area (TPSA) is 73.9 Å². The highest BCUT2D eigenvalue weighted by Gasteiger charge is 2.09. The second kappa shape index (κ2) is 5.84. The van der Waals surface area contributed by atoms with Gasteiger partial charge in [-0.3, -0.25) is 0 Å². The number of anilines is 1. The molecule has 6 heteroatoms. The number of nitrogen functional groups attached to an aromatic ring is 1. The summed E-state index contributed by atoms with van der Waals surface area (Å²) in [5.41, 5.74) is 7.44. The Hall–Kier alpha value is -1.88. The Morgan fingerprint density at radius 3 is 2.74 bits per heavy atom. The summed E-state index contributed by atoms with van der Waals surface area (Å²) in [7, 11) is 0. The van der Waals surface area contributed by atoms with Gasteiger partial charge in [0.05, 0.1) is 6.61 Å². The third-order valence-electron chi connectivity index (χ3n) is 2.50. The van der Waals surface area contributed by atoms with Crippen LogP contribution in [0.25, 0.3) is 11.4 Å². The molecule has 0 atom stereocenters. The van der Waals surface area contributed by atoms with Crippen LogP contribution in [-0.2, 0) is 0 Å². The van der Waals surface area contributed by atoms with Crippen molar-refractivity contribution in [3.8, 4) is 17.4 Å². The molecule has 0 aliphatic carbocycles. The molecule has 0 unspecified atom stereocenters. The van der Waals surface area contributed by atoms with Gasteiger partial charge in [-0.05, 0) is 25.0 Å². The predicted molar refractivity (Wildman–Crippen MR) is 75.2 cm³/mol. The van der Waals surface area contributed by atoms with E-state index in [0.717, 1.165) is 17.5 Å². The Balaban J connectivity index is 2.37. The molecule has 1 heterocycles. The smallest absolute Gasteiger partial charge is 0.321 e. The van der Waals surface area contributed by atoms with Gasteiger partial charge >= 0.3 is 6.01 Å². The van der Waals surface area contributed by atoms with Crippen LogP contribution in [-0.4, -0.2) is 21.6 Å². The average Bonchev–Trinajstić information content (AvgIpc) is 2.39. The molecule has 0 aliphatic heterocycles. The quantitative estimate of drug-likeness (QED) is 0.931. The first-order valence-electron chi connectivity index (χ1n) is 6.01. The van der Waals surface area contributed by atoms with Crippen LogP contribution in [0.4, 0.5) is 5.95 Å². The second-order valence-corrected chi connectivity index (χ2v) is 4.52. The van der Waals surface area contributed by atoms with E-state index in [1.54, 1.807) is 6.07 Å². The molecule has 100 valence electrons. The number of ether oxygens (including phenoxy) is 1. The Morgan fingerprint density at radius 1 is 1.26 bits per heavy atom. The van der Waals surface area contributed by atoms with E-state index in [-0.39, 0.29) is 12.0 Å². The van der Waals surface area contributed by atoms with Crippen LogP contribution in [0, 0.1) is 6.92 Å². The van der Waals surface area contributed by atoms with E-state index in [9.17, 15) is 0 Å². The van der Waals surface area contributed by atoms with Crippen LogP contribution in [0.5, 0.6) is 6.01 Å². The summed E-state index contributed by atoms with van der Waals surface area (Å²) in [4.78, 5) is 12.3. The largest absolute Gasteiger partial charge is 0.463 e. The van der Waals surface area contributed by atoms with Crippen LogP contribution >= 0.6 is 11.6 Å². The number of aromatic nitrogens is 3. The van der Waals surface area contributed by atoms with Crippen molar-refractivity contribution in [2.24, 2.45) is 0 Å². The standard InChI is InChI=1S/C13H15ClN4O/c1-3-6-19-13-17-11(16-12(15)18-13)9-5-4-8(2)10(14)7-9/h4-5,7H,3,6H2,1-2H3,(H2,15,16,17,18). The molecule has 0 bridgehead atoms. The monoisotopic (exact) mass is 278 g/mol. The molecule has 0 saturated carbocycles. The molecule has 0 aliphatic rings. The molecule has 5 nitrogen and oxygen atoms in total. The van der Waals surface area contributed by atoms with Crippen molar-refractivity contribution >= 4 is 17.5 Å². The van der Waals surface area contributed by atoms with Gasteiger partial charge in [0, 0.05) is 10.6 Å². The molecule has 1 aromatic carbocycles. The molecule has 0 fully saturated rings. The van der Waals surface area contributed by atoms with E-state index in [1.807, 2.05) is 26.0 Å². The average molecular weight is 279 g/mol. The molecule has 0 radical (unpaired) electrons. The van der Waals surface area contributed by atoms with Gasteiger partial charge in [0.2, 0.25) is 5.95 Å². The number of rotatable bonds is 4. The van der Waals surface area contributed by atoms with Crippen LogP contribution in [0.2, 0.25) is 5.02 Å². The lowest BCUT2D eigenvalue weighted by atomic mass is 10.1. The number of hydrogen-bond donors (Lipinski definition) is 1. The van der Waals surface area contributed by atoms with Crippen LogP contribution in [0.1, 0.15) is 18.9 Å². The molecule has 1 aromatic heterocycles. The van der Waals surface area contributed by atoms with Crippen molar-refractivity contribution in [3.05, 3.63) is 28.8 Å². The lowest BCUT2D eigenvalue weighted by Crippen LogP contribution is -2.05. The van der Waals surface area contributed by atoms with Gasteiger partial charge < -0.3 is 10.5 Å². The third kappa shape index (κ3) is 3.32. The fourth-order valence-electron chi connectivity index (χ4n) is 1.49. The van der Waals surface area contributed by atoms with Gasteiger partial charge in [-0.25, -0.2) is 0 Å². The van der Waals surface area contributed by atoms with Crippen LogP contribution < -0.4 is 10.5 Å². The second-order valence-electron chi connectivity index (χ2n) is 4.11. The summed E-state index contributed by atoms with van der Waals surface area (Å²) < 4.78 is 5.38. The first-order chi connectivity index (χ1) is 9.10. The molecule has 0 spiro atoms. The molecule has 19 heavy (non-hydrogen) atoms.